The molecule has 6 heteroatoms. The van der Waals surface area contributed by atoms with E-state index in [0.29, 0.717) is 12.0 Å². The molecule has 21 heavy (non-hydrogen) atoms. The molecule has 2 rings (SSSR count). The standard InChI is InChI=1S/C15H18BrF2N3/c1-4-12-15(16)14(21(3)20-12)8-13(19-2)10-6-5-9(17)7-11(10)18/h5-7,13,19H,4,8H2,1-3H3. The second-order valence-corrected chi connectivity index (χ2v) is 5.69. The number of hydrogen-bond donors (Lipinski definition) is 1. The maximum Gasteiger partial charge on any atom is 0.130 e. The number of halogens is 3. The van der Waals surface area contributed by atoms with Crippen LogP contribution in [0, 0.1) is 11.6 Å². The van der Waals surface area contributed by atoms with Gasteiger partial charge in [0.25, 0.3) is 0 Å². The van der Waals surface area contributed by atoms with Crippen LogP contribution < -0.4 is 5.32 Å². The van der Waals surface area contributed by atoms with Crippen molar-refractivity contribution in [2.24, 2.45) is 7.05 Å². The average molecular weight is 358 g/mol. The average Bonchev–Trinajstić information content (AvgIpc) is 2.72. The van der Waals surface area contributed by atoms with E-state index in [1.807, 2.05) is 14.0 Å². The van der Waals surface area contributed by atoms with Gasteiger partial charge in [0.05, 0.1) is 15.9 Å². The van der Waals surface area contributed by atoms with E-state index in [1.54, 1.807) is 11.7 Å². The molecular weight excluding hydrogens is 340 g/mol. The van der Waals surface area contributed by atoms with Gasteiger partial charge in [-0.25, -0.2) is 8.78 Å². The van der Waals surface area contributed by atoms with E-state index in [9.17, 15) is 8.78 Å². The van der Waals surface area contributed by atoms with Crippen LogP contribution in [0.5, 0.6) is 0 Å². The molecule has 3 nitrogen and oxygen atoms in total. The van der Waals surface area contributed by atoms with Gasteiger partial charge in [-0.05, 0) is 35.5 Å². The highest BCUT2D eigenvalue weighted by Crippen LogP contribution is 2.27. The van der Waals surface area contributed by atoms with Gasteiger partial charge in [0.1, 0.15) is 11.6 Å². The molecule has 0 bridgehead atoms. The first-order valence-corrected chi connectivity index (χ1v) is 7.59. The molecule has 0 aliphatic heterocycles. The van der Waals surface area contributed by atoms with Crippen LogP contribution in [0.25, 0.3) is 0 Å². The predicted molar refractivity (Wildman–Crippen MR) is 82.1 cm³/mol. The van der Waals surface area contributed by atoms with Gasteiger partial charge >= 0.3 is 0 Å². The van der Waals surface area contributed by atoms with E-state index in [4.69, 9.17) is 0 Å². The molecule has 0 saturated heterocycles. The lowest BCUT2D eigenvalue weighted by molar-refractivity contribution is 0.510. The van der Waals surface area contributed by atoms with Crippen LogP contribution in [0.15, 0.2) is 22.7 Å². The van der Waals surface area contributed by atoms with Crippen molar-refractivity contribution in [2.45, 2.75) is 25.8 Å². The lowest BCUT2D eigenvalue weighted by Gasteiger charge is -2.18. The minimum Gasteiger partial charge on any atom is -0.313 e. The lowest BCUT2D eigenvalue weighted by Crippen LogP contribution is -2.21. The SMILES string of the molecule is CCc1nn(C)c(CC(NC)c2ccc(F)cc2F)c1Br. The highest BCUT2D eigenvalue weighted by Gasteiger charge is 2.20. The molecule has 0 aliphatic carbocycles. The monoisotopic (exact) mass is 357 g/mol. The molecule has 114 valence electrons. The third-order valence-electron chi connectivity index (χ3n) is 3.59. The number of aromatic nitrogens is 2. The third kappa shape index (κ3) is 3.32. The van der Waals surface area contributed by atoms with Gasteiger partial charge in [-0.2, -0.15) is 5.10 Å². The second-order valence-electron chi connectivity index (χ2n) is 4.90. The summed E-state index contributed by atoms with van der Waals surface area (Å²) in [6, 6.07) is 3.42. The van der Waals surface area contributed by atoms with Crippen molar-refractivity contribution < 1.29 is 8.78 Å². The van der Waals surface area contributed by atoms with Crippen LogP contribution in [0.1, 0.15) is 29.9 Å². The molecule has 1 aromatic heterocycles. The van der Waals surface area contributed by atoms with E-state index in [0.717, 1.165) is 28.3 Å². The van der Waals surface area contributed by atoms with Crippen LogP contribution in [0.3, 0.4) is 0 Å². The summed E-state index contributed by atoms with van der Waals surface area (Å²) < 4.78 is 29.7. The Morgan fingerprint density at radius 2 is 2.10 bits per heavy atom. The minimum absolute atomic E-state index is 0.248. The number of likely N-dealkylation sites (N-methyl/N-ethyl adjacent to an activating group) is 1. The van der Waals surface area contributed by atoms with Crippen molar-refractivity contribution in [3.8, 4) is 0 Å². The molecule has 0 radical (unpaired) electrons. The topological polar surface area (TPSA) is 29.9 Å². The first-order valence-electron chi connectivity index (χ1n) is 6.80. The van der Waals surface area contributed by atoms with Gasteiger partial charge in [-0.1, -0.05) is 13.0 Å². The zero-order valence-corrected chi connectivity index (χ0v) is 13.8. The first kappa shape index (κ1) is 16.1. The summed E-state index contributed by atoms with van der Waals surface area (Å²) in [5.74, 6) is -1.11. The maximum absolute atomic E-state index is 13.9. The molecule has 0 saturated carbocycles. The van der Waals surface area contributed by atoms with E-state index in [1.165, 1.54) is 12.1 Å². The number of nitrogens with zero attached hydrogens (tertiary/aromatic N) is 2. The molecule has 0 aliphatic rings. The van der Waals surface area contributed by atoms with Gasteiger partial charge < -0.3 is 5.32 Å². The van der Waals surface area contributed by atoms with Crippen molar-refractivity contribution in [3.63, 3.8) is 0 Å². The predicted octanol–water partition coefficient (Wildman–Crippen LogP) is 3.53. The summed E-state index contributed by atoms with van der Waals surface area (Å²) in [5, 5.41) is 7.52. The number of aryl methyl sites for hydroxylation is 2. The Balaban J connectivity index is 2.33. The smallest absolute Gasteiger partial charge is 0.130 e. The molecule has 1 N–H and O–H groups in total. The summed E-state index contributed by atoms with van der Waals surface area (Å²) in [6.07, 6.45) is 1.38. The van der Waals surface area contributed by atoms with Crippen molar-refractivity contribution in [1.82, 2.24) is 15.1 Å². The normalized spacial score (nSPS) is 12.7. The Bertz CT molecular complexity index is 640. The summed E-state index contributed by atoms with van der Waals surface area (Å²) in [6.45, 7) is 2.03. The fourth-order valence-electron chi connectivity index (χ4n) is 2.39. The van der Waals surface area contributed by atoms with Crippen LogP contribution in [0.2, 0.25) is 0 Å². The number of hydrogen-bond acceptors (Lipinski definition) is 2. The number of benzene rings is 1. The first-order chi connectivity index (χ1) is 9.97. The van der Waals surface area contributed by atoms with Gasteiger partial charge in [0, 0.05) is 31.1 Å². The molecule has 1 heterocycles. The van der Waals surface area contributed by atoms with E-state index >= 15 is 0 Å². The summed E-state index contributed by atoms with van der Waals surface area (Å²) in [5.41, 5.74) is 2.40. The quantitative estimate of drug-likeness (QED) is 0.886. The molecule has 2 aromatic rings. The van der Waals surface area contributed by atoms with Gasteiger partial charge in [0.2, 0.25) is 0 Å². The largest absolute Gasteiger partial charge is 0.313 e. The van der Waals surface area contributed by atoms with Crippen LogP contribution >= 0.6 is 15.9 Å². The molecular formula is C15H18BrF2N3. The van der Waals surface area contributed by atoms with Crippen LogP contribution in [0.4, 0.5) is 8.78 Å². The molecule has 1 aromatic carbocycles. The number of rotatable bonds is 5. The zero-order chi connectivity index (χ0) is 15.6. The zero-order valence-electron chi connectivity index (χ0n) is 12.3. The number of nitrogens with one attached hydrogen (secondary N) is 1. The van der Waals surface area contributed by atoms with E-state index in [2.05, 4.69) is 26.3 Å². The maximum atomic E-state index is 13.9. The Kier molecular flexibility index (Phi) is 5.11. The molecule has 1 atom stereocenters. The van der Waals surface area contributed by atoms with Crippen LogP contribution in [-0.2, 0) is 19.9 Å². The molecule has 0 amide bonds. The van der Waals surface area contributed by atoms with Gasteiger partial charge in [-0.3, -0.25) is 4.68 Å². The third-order valence-corrected chi connectivity index (χ3v) is 4.50. The fourth-order valence-corrected chi connectivity index (χ4v) is 3.16. The van der Waals surface area contributed by atoms with E-state index < -0.39 is 11.6 Å². The summed E-state index contributed by atoms with van der Waals surface area (Å²) in [7, 11) is 3.63. The second kappa shape index (κ2) is 6.66. The van der Waals surface area contributed by atoms with Crippen molar-refractivity contribution in [1.29, 1.82) is 0 Å². The summed E-state index contributed by atoms with van der Waals surface area (Å²) >= 11 is 3.56. The van der Waals surface area contributed by atoms with Crippen molar-refractivity contribution in [2.75, 3.05) is 7.05 Å². The fraction of sp³-hybridized carbons (Fsp3) is 0.400. The Hall–Kier alpha value is -1.27. The summed E-state index contributed by atoms with van der Waals surface area (Å²) in [4.78, 5) is 0. The van der Waals surface area contributed by atoms with Gasteiger partial charge in [0.15, 0.2) is 0 Å². The highest BCUT2D eigenvalue weighted by atomic mass is 79.9. The molecule has 0 fully saturated rings. The Labute approximate surface area is 131 Å². The van der Waals surface area contributed by atoms with Crippen molar-refractivity contribution >= 4 is 15.9 Å². The molecule has 1 unspecified atom stereocenters. The molecule has 0 spiro atoms. The van der Waals surface area contributed by atoms with E-state index in [-0.39, 0.29) is 6.04 Å². The van der Waals surface area contributed by atoms with Crippen molar-refractivity contribution in [3.05, 3.63) is 51.3 Å². The lowest BCUT2D eigenvalue weighted by atomic mass is 10.0. The van der Waals surface area contributed by atoms with Gasteiger partial charge in [-0.15, -0.1) is 0 Å². The van der Waals surface area contributed by atoms with Crippen LogP contribution in [-0.4, -0.2) is 16.8 Å². The Morgan fingerprint density at radius 1 is 1.38 bits per heavy atom. The highest BCUT2D eigenvalue weighted by molar-refractivity contribution is 9.10. The Morgan fingerprint density at radius 3 is 2.62 bits per heavy atom. The minimum atomic E-state index is -0.568.